The fraction of sp³-hybridized carbons (Fsp3) is 0.158. The van der Waals surface area contributed by atoms with Gasteiger partial charge in [-0.2, -0.15) is 0 Å². The number of nitrogens with zero attached hydrogens (tertiary/aromatic N) is 3. The van der Waals surface area contributed by atoms with Crippen molar-refractivity contribution in [1.82, 2.24) is 20.3 Å². The zero-order valence-corrected chi connectivity index (χ0v) is 14.6. The highest BCUT2D eigenvalue weighted by atomic mass is 16.5. The molecule has 0 radical (unpaired) electrons. The second kappa shape index (κ2) is 8.06. The van der Waals surface area contributed by atoms with Crippen LogP contribution in [-0.2, 0) is 6.54 Å². The lowest BCUT2D eigenvalue weighted by Crippen LogP contribution is -2.24. The average Bonchev–Trinajstić information content (AvgIpc) is 2.66. The molecule has 0 saturated carbocycles. The first kappa shape index (κ1) is 17.3. The maximum absolute atomic E-state index is 12.4. The van der Waals surface area contributed by atoms with E-state index in [-0.39, 0.29) is 5.91 Å². The first-order chi connectivity index (χ1) is 12.6. The quantitative estimate of drug-likeness (QED) is 0.711. The van der Waals surface area contributed by atoms with Crippen LogP contribution in [0.1, 0.15) is 21.9 Å². The lowest BCUT2D eigenvalue weighted by Gasteiger charge is -2.09. The third kappa shape index (κ3) is 4.54. The average molecular weight is 349 g/mol. The van der Waals surface area contributed by atoms with Crippen molar-refractivity contribution in [3.63, 3.8) is 0 Å². The second-order valence-corrected chi connectivity index (χ2v) is 5.58. The number of nitrogens with one attached hydrogen (secondary N) is 2. The first-order valence-corrected chi connectivity index (χ1v) is 8.09. The van der Waals surface area contributed by atoms with Crippen molar-refractivity contribution >= 4 is 17.5 Å². The van der Waals surface area contributed by atoms with E-state index in [0.29, 0.717) is 23.9 Å². The van der Waals surface area contributed by atoms with Gasteiger partial charge >= 0.3 is 0 Å². The zero-order chi connectivity index (χ0) is 18.4. The Morgan fingerprint density at radius 3 is 2.77 bits per heavy atom. The number of anilines is 2. The van der Waals surface area contributed by atoms with Crippen LogP contribution in [-0.4, -0.2) is 28.0 Å². The first-order valence-electron chi connectivity index (χ1n) is 8.09. The van der Waals surface area contributed by atoms with E-state index in [1.807, 2.05) is 49.4 Å². The zero-order valence-electron chi connectivity index (χ0n) is 14.6. The number of ether oxygens (including phenoxy) is 1. The number of benzene rings is 1. The van der Waals surface area contributed by atoms with Gasteiger partial charge in [0, 0.05) is 23.6 Å². The fourth-order valence-electron chi connectivity index (χ4n) is 2.33. The number of aryl methyl sites for hydroxylation is 1. The Labute approximate surface area is 151 Å². The molecule has 0 aliphatic carbocycles. The van der Waals surface area contributed by atoms with Crippen molar-refractivity contribution in [2.45, 2.75) is 13.5 Å². The van der Waals surface area contributed by atoms with Gasteiger partial charge < -0.3 is 15.4 Å². The van der Waals surface area contributed by atoms with Crippen molar-refractivity contribution in [1.29, 1.82) is 0 Å². The number of hydrogen-bond donors (Lipinski definition) is 2. The van der Waals surface area contributed by atoms with Crippen LogP contribution in [0.5, 0.6) is 5.75 Å². The standard InChI is InChI=1S/C19H19N5O2/c1-13-10-17(18(25)21-12-15-6-3-4-9-20-15)24-19(22-13)23-14-7-5-8-16(11-14)26-2/h3-11H,12H2,1-2H3,(H,21,25)(H,22,23,24). The molecule has 0 aliphatic heterocycles. The van der Waals surface area contributed by atoms with Gasteiger partial charge in [-0.25, -0.2) is 9.97 Å². The fourth-order valence-corrected chi connectivity index (χ4v) is 2.33. The Bertz CT molecular complexity index is 899. The monoisotopic (exact) mass is 349 g/mol. The summed E-state index contributed by atoms with van der Waals surface area (Å²) in [6.45, 7) is 2.15. The number of hydrogen-bond acceptors (Lipinski definition) is 6. The summed E-state index contributed by atoms with van der Waals surface area (Å²) < 4.78 is 5.20. The van der Waals surface area contributed by atoms with E-state index < -0.39 is 0 Å². The molecule has 2 N–H and O–H groups in total. The van der Waals surface area contributed by atoms with E-state index in [1.54, 1.807) is 19.4 Å². The van der Waals surface area contributed by atoms with E-state index in [0.717, 1.165) is 17.1 Å². The number of pyridine rings is 1. The minimum Gasteiger partial charge on any atom is -0.497 e. The summed E-state index contributed by atoms with van der Waals surface area (Å²) >= 11 is 0. The lowest BCUT2D eigenvalue weighted by atomic mass is 10.3. The van der Waals surface area contributed by atoms with Gasteiger partial charge in [-0.1, -0.05) is 12.1 Å². The van der Waals surface area contributed by atoms with Crippen LogP contribution in [0.15, 0.2) is 54.7 Å². The van der Waals surface area contributed by atoms with Crippen molar-refractivity contribution in [2.24, 2.45) is 0 Å². The number of carbonyl (C=O) groups is 1. The van der Waals surface area contributed by atoms with Crippen molar-refractivity contribution in [3.8, 4) is 5.75 Å². The van der Waals surface area contributed by atoms with Crippen molar-refractivity contribution in [2.75, 3.05) is 12.4 Å². The largest absolute Gasteiger partial charge is 0.497 e. The smallest absolute Gasteiger partial charge is 0.270 e. The van der Waals surface area contributed by atoms with E-state index >= 15 is 0 Å². The third-order valence-electron chi connectivity index (χ3n) is 3.57. The molecular weight excluding hydrogens is 330 g/mol. The van der Waals surface area contributed by atoms with Crippen LogP contribution in [0, 0.1) is 6.92 Å². The Hall–Kier alpha value is -3.48. The van der Waals surface area contributed by atoms with Crippen molar-refractivity contribution < 1.29 is 9.53 Å². The Morgan fingerprint density at radius 1 is 1.12 bits per heavy atom. The van der Waals surface area contributed by atoms with E-state index in [1.165, 1.54) is 0 Å². The molecule has 0 spiro atoms. The SMILES string of the molecule is COc1cccc(Nc2nc(C)cc(C(=O)NCc3ccccn3)n2)c1. The molecule has 0 bridgehead atoms. The van der Waals surface area contributed by atoms with Gasteiger partial charge in [-0.15, -0.1) is 0 Å². The molecule has 26 heavy (non-hydrogen) atoms. The molecule has 2 aromatic heterocycles. The molecule has 3 rings (SSSR count). The van der Waals surface area contributed by atoms with E-state index in [4.69, 9.17) is 4.74 Å². The molecule has 0 saturated heterocycles. The van der Waals surface area contributed by atoms with Crippen LogP contribution in [0.2, 0.25) is 0 Å². The number of carbonyl (C=O) groups excluding carboxylic acids is 1. The summed E-state index contributed by atoms with van der Waals surface area (Å²) in [5.74, 6) is 0.784. The Kier molecular flexibility index (Phi) is 5.38. The molecule has 3 aromatic rings. The van der Waals surface area contributed by atoms with Gasteiger partial charge in [0.2, 0.25) is 5.95 Å². The van der Waals surface area contributed by atoms with Gasteiger partial charge in [-0.05, 0) is 37.3 Å². The predicted octanol–water partition coefficient (Wildman–Crippen LogP) is 2.86. The Balaban J connectivity index is 1.73. The molecular formula is C19H19N5O2. The molecule has 132 valence electrons. The molecule has 7 nitrogen and oxygen atoms in total. The molecule has 0 unspecified atom stereocenters. The summed E-state index contributed by atoms with van der Waals surface area (Å²) in [5.41, 5.74) is 2.53. The minimum absolute atomic E-state index is 0.283. The third-order valence-corrected chi connectivity index (χ3v) is 3.57. The van der Waals surface area contributed by atoms with Crippen LogP contribution in [0.3, 0.4) is 0 Å². The Morgan fingerprint density at radius 2 is 2.00 bits per heavy atom. The van der Waals surface area contributed by atoms with Gasteiger partial charge in [0.1, 0.15) is 11.4 Å². The molecule has 0 atom stereocenters. The number of methoxy groups -OCH3 is 1. The normalized spacial score (nSPS) is 10.2. The summed E-state index contributed by atoms with van der Waals surface area (Å²) in [4.78, 5) is 25.2. The molecule has 1 amide bonds. The van der Waals surface area contributed by atoms with Crippen LogP contribution >= 0.6 is 0 Å². The van der Waals surface area contributed by atoms with Gasteiger partial charge in [-0.3, -0.25) is 9.78 Å². The van der Waals surface area contributed by atoms with Crippen LogP contribution < -0.4 is 15.4 Å². The highest BCUT2D eigenvalue weighted by Gasteiger charge is 2.11. The van der Waals surface area contributed by atoms with E-state index in [9.17, 15) is 4.79 Å². The lowest BCUT2D eigenvalue weighted by molar-refractivity contribution is 0.0945. The van der Waals surface area contributed by atoms with Crippen LogP contribution in [0.4, 0.5) is 11.6 Å². The number of rotatable bonds is 6. The van der Waals surface area contributed by atoms with Gasteiger partial charge in [0.05, 0.1) is 19.3 Å². The van der Waals surface area contributed by atoms with Crippen molar-refractivity contribution in [3.05, 3.63) is 71.8 Å². The van der Waals surface area contributed by atoms with Crippen LogP contribution in [0.25, 0.3) is 0 Å². The highest BCUT2D eigenvalue weighted by Crippen LogP contribution is 2.19. The molecule has 0 aliphatic rings. The molecule has 1 aromatic carbocycles. The maximum Gasteiger partial charge on any atom is 0.270 e. The summed E-state index contributed by atoms with van der Waals surface area (Å²) in [6, 6.07) is 14.6. The minimum atomic E-state index is -0.283. The molecule has 0 fully saturated rings. The second-order valence-electron chi connectivity index (χ2n) is 5.58. The summed E-state index contributed by atoms with van der Waals surface area (Å²) in [7, 11) is 1.60. The highest BCUT2D eigenvalue weighted by molar-refractivity contribution is 5.92. The molecule has 2 heterocycles. The summed E-state index contributed by atoms with van der Waals surface area (Å²) in [6.07, 6.45) is 1.69. The maximum atomic E-state index is 12.4. The molecule has 7 heteroatoms. The number of aromatic nitrogens is 3. The van der Waals surface area contributed by atoms with E-state index in [2.05, 4.69) is 25.6 Å². The topological polar surface area (TPSA) is 89.0 Å². The number of amides is 1. The van der Waals surface area contributed by atoms with Gasteiger partial charge in [0.25, 0.3) is 5.91 Å². The predicted molar refractivity (Wildman–Crippen MR) is 98.5 cm³/mol. The van der Waals surface area contributed by atoms with Gasteiger partial charge in [0.15, 0.2) is 0 Å². The summed E-state index contributed by atoms with van der Waals surface area (Å²) in [5, 5.41) is 5.91.